The van der Waals surface area contributed by atoms with E-state index >= 15 is 0 Å². The van der Waals surface area contributed by atoms with Gasteiger partial charge < -0.3 is 16.4 Å². The van der Waals surface area contributed by atoms with Gasteiger partial charge in [-0.1, -0.05) is 13.8 Å². The molecule has 4 N–H and O–H groups in total. The summed E-state index contributed by atoms with van der Waals surface area (Å²) >= 11 is 0. The molecule has 1 unspecified atom stereocenters. The Bertz CT molecular complexity index is 476. The highest BCUT2D eigenvalue weighted by Crippen LogP contribution is 2.28. The van der Waals surface area contributed by atoms with Crippen molar-refractivity contribution in [2.75, 3.05) is 11.1 Å². The number of nitrogen functional groups attached to an aromatic ring is 1. The molecule has 1 atom stereocenters. The molecule has 1 amide bonds. The van der Waals surface area contributed by atoms with E-state index in [4.69, 9.17) is 5.73 Å². The number of aryl methyl sites for hydroxylation is 1. The first kappa shape index (κ1) is 13.7. The van der Waals surface area contributed by atoms with Crippen LogP contribution in [0.25, 0.3) is 0 Å². The van der Waals surface area contributed by atoms with Crippen LogP contribution in [0.5, 0.6) is 0 Å². The van der Waals surface area contributed by atoms with Crippen LogP contribution in [0, 0.1) is 0 Å². The molecule has 0 radical (unpaired) electrons. The molecule has 1 heterocycles. The van der Waals surface area contributed by atoms with Gasteiger partial charge in [0.1, 0.15) is 11.9 Å². The van der Waals surface area contributed by atoms with Gasteiger partial charge >= 0.3 is 0 Å². The Balaban J connectivity index is 2.07. The molecule has 0 aliphatic heterocycles. The lowest BCUT2D eigenvalue weighted by Gasteiger charge is -2.15. The molecular formula is C13H23N5O. The van der Waals surface area contributed by atoms with E-state index in [1.54, 1.807) is 4.68 Å². The Morgan fingerprint density at radius 2 is 2.05 bits per heavy atom. The van der Waals surface area contributed by atoms with E-state index in [1.807, 2.05) is 27.8 Å². The summed E-state index contributed by atoms with van der Waals surface area (Å²) in [6.45, 7) is 5.93. The van der Waals surface area contributed by atoms with Gasteiger partial charge in [-0.3, -0.25) is 9.48 Å². The lowest BCUT2D eigenvalue weighted by atomic mass is 10.1. The number of nitrogens with zero attached hydrogens (tertiary/aromatic N) is 2. The van der Waals surface area contributed by atoms with E-state index in [0.29, 0.717) is 17.5 Å². The second-order valence-corrected chi connectivity index (χ2v) is 5.57. The Hall–Kier alpha value is -1.72. The van der Waals surface area contributed by atoms with Crippen molar-refractivity contribution in [1.82, 2.24) is 15.1 Å². The average Bonchev–Trinajstić information content (AvgIpc) is 3.10. The van der Waals surface area contributed by atoms with Gasteiger partial charge in [0.2, 0.25) is 5.91 Å². The van der Waals surface area contributed by atoms with Crippen LogP contribution in [0.2, 0.25) is 0 Å². The van der Waals surface area contributed by atoms with Crippen LogP contribution >= 0.6 is 0 Å². The molecular weight excluding hydrogens is 242 g/mol. The average molecular weight is 265 g/mol. The minimum atomic E-state index is -0.321. The molecule has 1 aromatic rings. The molecule has 1 fully saturated rings. The first-order chi connectivity index (χ1) is 8.90. The molecule has 6 nitrogen and oxygen atoms in total. The monoisotopic (exact) mass is 265 g/mol. The molecule has 19 heavy (non-hydrogen) atoms. The van der Waals surface area contributed by atoms with Gasteiger partial charge in [0.05, 0.1) is 11.4 Å². The summed E-state index contributed by atoms with van der Waals surface area (Å²) in [6.07, 6.45) is 2.17. The van der Waals surface area contributed by atoms with Crippen LogP contribution < -0.4 is 16.4 Å². The number of anilines is 2. The second-order valence-electron chi connectivity index (χ2n) is 5.57. The standard InChI is InChI=1S/C13H23N5O/c1-7(2)11-10(14)12(18(4)17-11)15-8(3)13(19)16-9-5-6-9/h7-9,15H,5-6,14H2,1-4H3,(H,16,19). The van der Waals surface area contributed by atoms with E-state index < -0.39 is 0 Å². The van der Waals surface area contributed by atoms with E-state index in [1.165, 1.54) is 0 Å². The lowest BCUT2D eigenvalue weighted by molar-refractivity contribution is -0.121. The number of nitrogens with one attached hydrogen (secondary N) is 2. The second kappa shape index (κ2) is 5.11. The van der Waals surface area contributed by atoms with E-state index in [-0.39, 0.29) is 17.9 Å². The third-order valence-corrected chi connectivity index (χ3v) is 3.33. The van der Waals surface area contributed by atoms with Crippen LogP contribution in [0.4, 0.5) is 11.5 Å². The van der Waals surface area contributed by atoms with Gasteiger partial charge in [0.25, 0.3) is 0 Å². The molecule has 1 aliphatic carbocycles. The predicted octanol–water partition coefficient (Wildman–Crippen LogP) is 1.20. The first-order valence-corrected chi connectivity index (χ1v) is 6.79. The number of hydrogen-bond donors (Lipinski definition) is 3. The molecule has 0 bridgehead atoms. The van der Waals surface area contributed by atoms with E-state index in [9.17, 15) is 4.79 Å². The molecule has 0 saturated heterocycles. The van der Waals surface area contributed by atoms with Crippen molar-refractivity contribution in [1.29, 1.82) is 0 Å². The van der Waals surface area contributed by atoms with Gasteiger partial charge in [0, 0.05) is 13.1 Å². The van der Waals surface area contributed by atoms with Crippen LogP contribution in [-0.4, -0.2) is 27.8 Å². The Kier molecular flexibility index (Phi) is 3.68. The third kappa shape index (κ3) is 3.00. The van der Waals surface area contributed by atoms with Crippen molar-refractivity contribution in [3.05, 3.63) is 5.69 Å². The number of amides is 1. The van der Waals surface area contributed by atoms with Gasteiger partial charge in [-0.25, -0.2) is 0 Å². The molecule has 0 aromatic carbocycles. The summed E-state index contributed by atoms with van der Waals surface area (Å²) in [5, 5.41) is 10.5. The van der Waals surface area contributed by atoms with Gasteiger partial charge in [-0.2, -0.15) is 5.10 Å². The fourth-order valence-electron chi connectivity index (χ4n) is 1.98. The highest BCUT2D eigenvalue weighted by atomic mass is 16.2. The zero-order valence-corrected chi connectivity index (χ0v) is 12.0. The fraction of sp³-hybridized carbons (Fsp3) is 0.692. The normalized spacial score (nSPS) is 16.5. The summed E-state index contributed by atoms with van der Waals surface area (Å²) in [5.41, 5.74) is 7.58. The topological polar surface area (TPSA) is 85.0 Å². The predicted molar refractivity (Wildman–Crippen MR) is 76.0 cm³/mol. The van der Waals surface area contributed by atoms with Crippen molar-refractivity contribution < 1.29 is 4.79 Å². The Labute approximate surface area is 113 Å². The molecule has 2 rings (SSSR count). The van der Waals surface area contributed by atoms with Gasteiger partial charge in [-0.05, 0) is 25.7 Å². The van der Waals surface area contributed by atoms with E-state index in [2.05, 4.69) is 15.7 Å². The van der Waals surface area contributed by atoms with Crippen LogP contribution in [0.1, 0.15) is 45.2 Å². The van der Waals surface area contributed by atoms with Crippen LogP contribution in [0.15, 0.2) is 0 Å². The number of aromatic nitrogens is 2. The van der Waals surface area contributed by atoms with Crippen molar-refractivity contribution in [2.45, 2.75) is 51.6 Å². The summed E-state index contributed by atoms with van der Waals surface area (Å²) in [5.74, 6) is 0.980. The van der Waals surface area contributed by atoms with Crippen molar-refractivity contribution in [2.24, 2.45) is 7.05 Å². The zero-order chi connectivity index (χ0) is 14.2. The number of rotatable bonds is 5. The van der Waals surface area contributed by atoms with Crippen molar-refractivity contribution in [3.8, 4) is 0 Å². The third-order valence-electron chi connectivity index (χ3n) is 3.33. The smallest absolute Gasteiger partial charge is 0.242 e. The highest BCUT2D eigenvalue weighted by molar-refractivity contribution is 5.85. The molecule has 1 aromatic heterocycles. The quantitative estimate of drug-likeness (QED) is 0.747. The molecule has 0 spiro atoms. The summed E-state index contributed by atoms with van der Waals surface area (Å²) in [6, 6.07) is 0.0465. The molecule has 1 saturated carbocycles. The number of carbonyl (C=O) groups is 1. The number of nitrogens with two attached hydrogens (primary N) is 1. The van der Waals surface area contributed by atoms with Crippen molar-refractivity contribution in [3.63, 3.8) is 0 Å². The van der Waals surface area contributed by atoms with E-state index in [0.717, 1.165) is 18.5 Å². The summed E-state index contributed by atoms with van der Waals surface area (Å²) < 4.78 is 1.70. The van der Waals surface area contributed by atoms with Gasteiger partial charge in [0.15, 0.2) is 0 Å². The molecule has 6 heteroatoms. The van der Waals surface area contributed by atoms with Crippen molar-refractivity contribution >= 4 is 17.4 Å². The van der Waals surface area contributed by atoms with Crippen LogP contribution in [0.3, 0.4) is 0 Å². The highest BCUT2D eigenvalue weighted by Gasteiger charge is 2.26. The van der Waals surface area contributed by atoms with Crippen LogP contribution in [-0.2, 0) is 11.8 Å². The number of carbonyl (C=O) groups excluding carboxylic acids is 1. The SMILES string of the molecule is CC(Nc1c(N)c(C(C)C)nn1C)C(=O)NC1CC1. The number of hydrogen-bond acceptors (Lipinski definition) is 4. The summed E-state index contributed by atoms with van der Waals surface area (Å²) in [4.78, 5) is 11.9. The molecule has 106 valence electrons. The molecule has 1 aliphatic rings. The lowest BCUT2D eigenvalue weighted by Crippen LogP contribution is -2.39. The first-order valence-electron chi connectivity index (χ1n) is 6.79. The largest absolute Gasteiger partial charge is 0.394 e. The minimum absolute atomic E-state index is 0.00852. The minimum Gasteiger partial charge on any atom is -0.394 e. The maximum atomic E-state index is 11.9. The summed E-state index contributed by atoms with van der Waals surface area (Å²) in [7, 11) is 1.83. The van der Waals surface area contributed by atoms with Gasteiger partial charge in [-0.15, -0.1) is 0 Å². The fourth-order valence-corrected chi connectivity index (χ4v) is 1.98. The maximum absolute atomic E-state index is 11.9. The Morgan fingerprint density at radius 1 is 1.42 bits per heavy atom. The zero-order valence-electron chi connectivity index (χ0n) is 12.0. The maximum Gasteiger partial charge on any atom is 0.242 e. The Morgan fingerprint density at radius 3 is 2.53 bits per heavy atom.